The first-order chi connectivity index (χ1) is 13.9. The van der Waals surface area contributed by atoms with Crippen molar-refractivity contribution in [3.8, 4) is 0 Å². The first-order valence-corrected chi connectivity index (χ1v) is 11.1. The maximum absolute atomic E-state index is 12.2. The maximum Gasteiger partial charge on any atom is 0.413 e. The standard InChI is InChI=1S/C22H32N2O5S/c1-13-16(27-12-14-10-8-7-9-11-14)15-18(28-17(13)22(5,6)26)30-19(23-15)24-20(25)29-21(2,3)4/h7-11,13,15-18,26H,12H2,1-6H3,(H,23,24,25)/t13-,15+,16-,17-,18+/m0/s1. The lowest BCUT2D eigenvalue weighted by molar-refractivity contribution is -0.192. The number of hydrogen-bond donors (Lipinski definition) is 2. The highest BCUT2D eigenvalue weighted by Gasteiger charge is 2.52. The van der Waals surface area contributed by atoms with Gasteiger partial charge < -0.3 is 19.3 Å². The molecule has 1 aromatic carbocycles. The number of thioether (sulfide) groups is 1. The summed E-state index contributed by atoms with van der Waals surface area (Å²) in [5.41, 5.74) is -0.933. The molecule has 5 atom stereocenters. The lowest BCUT2D eigenvalue weighted by atomic mass is 9.82. The molecule has 0 spiro atoms. The fourth-order valence-corrected chi connectivity index (χ4v) is 4.85. The summed E-state index contributed by atoms with van der Waals surface area (Å²) in [4.78, 5) is 16.8. The minimum absolute atomic E-state index is 0.0970. The van der Waals surface area contributed by atoms with E-state index >= 15 is 0 Å². The van der Waals surface area contributed by atoms with E-state index in [0.29, 0.717) is 11.8 Å². The van der Waals surface area contributed by atoms with Crippen molar-refractivity contribution >= 4 is 23.0 Å². The molecule has 2 aliphatic rings. The van der Waals surface area contributed by atoms with E-state index in [-0.39, 0.29) is 23.5 Å². The Kier molecular flexibility index (Phi) is 6.81. The number of aliphatic hydroxyl groups is 1. The Balaban J connectivity index is 1.76. The van der Waals surface area contributed by atoms with Crippen molar-refractivity contribution in [2.75, 3.05) is 0 Å². The van der Waals surface area contributed by atoms with Crippen molar-refractivity contribution in [2.45, 2.75) is 83.0 Å². The number of amidine groups is 1. The summed E-state index contributed by atoms with van der Waals surface area (Å²) in [5.74, 6) is -0.0970. The molecule has 1 fully saturated rings. The monoisotopic (exact) mass is 436 g/mol. The van der Waals surface area contributed by atoms with Gasteiger partial charge in [0.15, 0.2) is 5.17 Å². The number of hydrogen-bond acceptors (Lipinski definition) is 7. The van der Waals surface area contributed by atoms with Crippen LogP contribution >= 0.6 is 11.8 Å². The fraction of sp³-hybridized carbons (Fsp3) is 0.636. The third-order valence-electron chi connectivity index (χ3n) is 4.98. The molecule has 0 aliphatic carbocycles. The lowest BCUT2D eigenvalue weighted by Gasteiger charge is -2.45. The zero-order valence-corrected chi connectivity index (χ0v) is 19.2. The Labute approximate surface area is 182 Å². The Morgan fingerprint density at radius 3 is 2.50 bits per heavy atom. The third kappa shape index (κ3) is 5.75. The van der Waals surface area contributed by atoms with Gasteiger partial charge in [-0.25, -0.2) is 4.79 Å². The van der Waals surface area contributed by atoms with Crippen LogP contribution < -0.4 is 5.32 Å². The summed E-state index contributed by atoms with van der Waals surface area (Å²) in [6.45, 7) is 11.3. The fourth-order valence-electron chi connectivity index (χ4n) is 3.77. The molecule has 0 unspecified atom stereocenters. The number of aliphatic imine (C=N–C) groups is 1. The van der Waals surface area contributed by atoms with Gasteiger partial charge in [-0.05, 0) is 40.2 Å². The van der Waals surface area contributed by atoms with Gasteiger partial charge in [0, 0.05) is 5.92 Å². The molecule has 1 aromatic rings. The second-order valence-corrected chi connectivity index (χ2v) is 10.5. The summed E-state index contributed by atoms with van der Waals surface area (Å²) in [5, 5.41) is 13.8. The molecule has 0 aromatic heterocycles. The number of alkyl carbamates (subject to hydrolysis) is 1. The van der Waals surface area contributed by atoms with Gasteiger partial charge in [0.2, 0.25) is 0 Å². The molecule has 2 N–H and O–H groups in total. The number of carbonyl (C=O) groups excluding carboxylic acids is 1. The number of rotatable bonds is 4. The molecule has 166 valence electrons. The maximum atomic E-state index is 12.2. The molecular formula is C22H32N2O5S. The highest BCUT2D eigenvalue weighted by molar-refractivity contribution is 8.14. The average Bonchev–Trinajstić information content (AvgIpc) is 3.00. The summed E-state index contributed by atoms with van der Waals surface area (Å²) in [6.07, 6.45) is -1.25. The first kappa shape index (κ1) is 23.1. The predicted octanol–water partition coefficient (Wildman–Crippen LogP) is 3.70. The van der Waals surface area contributed by atoms with Gasteiger partial charge in [0.1, 0.15) is 17.1 Å². The van der Waals surface area contributed by atoms with E-state index < -0.39 is 23.4 Å². The molecule has 8 heteroatoms. The Bertz CT molecular complexity index is 772. The molecule has 2 heterocycles. The summed E-state index contributed by atoms with van der Waals surface area (Å²) < 4.78 is 17.8. The highest BCUT2D eigenvalue weighted by atomic mass is 32.2. The van der Waals surface area contributed by atoms with Gasteiger partial charge in [-0.15, -0.1) is 0 Å². The van der Waals surface area contributed by atoms with Crippen LogP contribution in [0.3, 0.4) is 0 Å². The molecule has 1 saturated heterocycles. The van der Waals surface area contributed by atoms with Gasteiger partial charge >= 0.3 is 6.09 Å². The van der Waals surface area contributed by atoms with Crippen LogP contribution in [0, 0.1) is 5.92 Å². The van der Waals surface area contributed by atoms with Gasteiger partial charge in [-0.1, -0.05) is 49.0 Å². The van der Waals surface area contributed by atoms with Crippen molar-refractivity contribution in [3.05, 3.63) is 35.9 Å². The van der Waals surface area contributed by atoms with Gasteiger partial charge in [-0.3, -0.25) is 10.3 Å². The van der Waals surface area contributed by atoms with Gasteiger partial charge in [0.25, 0.3) is 0 Å². The number of fused-ring (bicyclic) bond motifs is 1. The number of benzene rings is 1. The molecule has 30 heavy (non-hydrogen) atoms. The van der Waals surface area contributed by atoms with E-state index in [0.717, 1.165) is 5.56 Å². The largest absolute Gasteiger partial charge is 0.444 e. The third-order valence-corrected chi connectivity index (χ3v) is 6.03. The van der Waals surface area contributed by atoms with Crippen LogP contribution in [0.25, 0.3) is 0 Å². The molecule has 0 radical (unpaired) electrons. The van der Waals surface area contributed by atoms with Crippen LogP contribution in [0.5, 0.6) is 0 Å². The molecule has 1 amide bonds. The van der Waals surface area contributed by atoms with Crippen molar-refractivity contribution < 1.29 is 24.1 Å². The Morgan fingerprint density at radius 2 is 1.90 bits per heavy atom. The van der Waals surface area contributed by atoms with E-state index in [1.54, 1.807) is 13.8 Å². The van der Waals surface area contributed by atoms with Crippen molar-refractivity contribution in [2.24, 2.45) is 10.9 Å². The Morgan fingerprint density at radius 1 is 1.23 bits per heavy atom. The van der Waals surface area contributed by atoms with E-state index in [1.165, 1.54) is 11.8 Å². The number of carbonyl (C=O) groups is 1. The number of ether oxygens (including phenoxy) is 3. The molecule has 3 rings (SSSR count). The van der Waals surface area contributed by atoms with Gasteiger partial charge in [0.05, 0.1) is 24.4 Å². The second kappa shape index (κ2) is 8.86. The van der Waals surface area contributed by atoms with Crippen LogP contribution in [0.2, 0.25) is 0 Å². The van der Waals surface area contributed by atoms with E-state index in [2.05, 4.69) is 10.3 Å². The van der Waals surface area contributed by atoms with E-state index in [1.807, 2.05) is 58.0 Å². The Hall–Kier alpha value is -1.61. The van der Waals surface area contributed by atoms with Crippen molar-refractivity contribution in [3.63, 3.8) is 0 Å². The highest BCUT2D eigenvalue weighted by Crippen LogP contribution is 2.42. The zero-order valence-electron chi connectivity index (χ0n) is 18.4. The molecule has 0 saturated carbocycles. The quantitative estimate of drug-likeness (QED) is 0.748. The normalized spacial score (nSPS) is 29.2. The summed E-state index contributed by atoms with van der Waals surface area (Å²) >= 11 is 1.32. The van der Waals surface area contributed by atoms with Crippen molar-refractivity contribution in [1.29, 1.82) is 0 Å². The zero-order chi connectivity index (χ0) is 22.1. The number of amides is 1. The van der Waals surface area contributed by atoms with Crippen LogP contribution in [-0.2, 0) is 20.8 Å². The summed E-state index contributed by atoms with van der Waals surface area (Å²) in [6, 6.07) is 9.64. The van der Waals surface area contributed by atoms with Crippen molar-refractivity contribution in [1.82, 2.24) is 5.32 Å². The smallest absolute Gasteiger partial charge is 0.413 e. The topological polar surface area (TPSA) is 89.4 Å². The number of nitrogens with zero attached hydrogens (tertiary/aromatic N) is 1. The molecular weight excluding hydrogens is 404 g/mol. The number of nitrogens with one attached hydrogen (secondary N) is 1. The second-order valence-electron chi connectivity index (χ2n) is 9.37. The van der Waals surface area contributed by atoms with Gasteiger partial charge in [-0.2, -0.15) is 0 Å². The van der Waals surface area contributed by atoms with Crippen LogP contribution in [-0.4, -0.2) is 51.3 Å². The predicted molar refractivity (Wildman–Crippen MR) is 117 cm³/mol. The van der Waals surface area contributed by atoms with Crippen LogP contribution in [0.1, 0.15) is 47.1 Å². The average molecular weight is 437 g/mol. The lowest BCUT2D eigenvalue weighted by Crippen LogP contribution is -2.57. The molecule has 2 aliphatic heterocycles. The van der Waals surface area contributed by atoms with E-state index in [4.69, 9.17) is 14.2 Å². The first-order valence-electron chi connectivity index (χ1n) is 10.2. The summed E-state index contributed by atoms with van der Waals surface area (Å²) in [7, 11) is 0. The van der Waals surface area contributed by atoms with Crippen LogP contribution in [0.4, 0.5) is 4.79 Å². The molecule has 0 bridgehead atoms. The van der Waals surface area contributed by atoms with Crippen LogP contribution in [0.15, 0.2) is 35.3 Å². The van der Waals surface area contributed by atoms with E-state index in [9.17, 15) is 9.90 Å². The SMILES string of the molecule is C[C@H]1[C@H](OCc2ccccc2)[C@H]2N=C(NC(=O)OC(C)(C)C)S[C@H]2O[C@@H]1C(C)(C)O. The minimum Gasteiger partial charge on any atom is -0.444 e. The minimum atomic E-state index is -1.04. The molecule has 7 nitrogen and oxygen atoms in total.